The number of pyridine rings is 2. The monoisotopic (exact) mass is 752 g/mol. The Labute approximate surface area is 337 Å². The van der Waals surface area contributed by atoms with Gasteiger partial charge in [0, 0.05) is 40.7 Å². The minimum absolute atomic E-state index is 0.267. The fourth-order valence-electron chi connectivity index (χ4n) is 7.86. The SMILES string of the molecule is Cc1cc(-c2ccccc2-c2cnc(-c3ccc(F)cc3F)cc2C)cc(-c2ccccc2-c2cnc(-c3ccccc3)cc2-c2ccc(-c3ccccc3)cc2)c1. The van der Waals surface area contributed by atoms with Gasteiger partial charge in [0.05, 0.1) is 11.4 Å². The molecule has 2 aromatic heterocycles. The number of nitrogens with zero attached hydrogens (tertiary/aromatic N) is 2. The summed E-state index contributed by atoms with van der Waals surface area (Å²) in [5, 5.41) is 0. The standard InChI is InChI=1S/C54H38F2N2/c1-35-27-41(44-17-9-11-19-46(44)50-33-58-54(29-36(50)2)48-26-25-43(55)31-52(48)56)30-42(28-35)45-18-10-12-20-47(45)51-34-57-53(40-15-7-4-8-16-40)32-49(51)39-23-21-38(22-24-39)37-13-5-3-6-14-37/h3-34H,1-2H3. The van der Waals surface area contributed by atoms with Gasteiger partial charge < -0.3 is 0 Å². The largest absolute Gasteiger partial charge is 0.256 e. The average molecular weight is 753 g/mol. The fourth-order valence-corrected chi connectivity index (χ4v) is 7.86. The van der Waals surface area contributed by atoms with E-state index in [0.717, 1.165) is 84.1 Å². The predicted molar refractivity (Wildman–Crippen MR) is 235 cm³/mol. The highest BCUT2D eigenvalue weighted by molar-refractivity contribution is 5.94. The second-order valence-corrected chi connectivity index (χ2v) is 14.6. The predicted octanol–water partition coefficient (Wildman–Crippen LogP) is 14.7. The Bertz CT molecular complexity index is 2920. The Morgan fingerprint density at radius 1 is 0.328 bits per heavy atom. The van der Waals surface area contributed by atoms with Crippen LogP contribution in [0.5, 0.6) is 0 Å². The summed E-state index contributed by atoms with van der Waals surface area (Å²) in [7, 11) is 0. The molecule has 0 saturated carbocycles. The number of halogens is 2. The van der Waals surface area contributed by atoms with E-state index < -0.39 is 11.6 Å². The fraction of sp³-hybridized carbons (Fsp3) is 0.0370. The van der Waals surface area contributed by atoms with Gasteiger partial charge in [-0.15, -0.1) is 0 Å². The lowest BCUT2D eigenvalue weighted by molar-refractivity contribution is 0.585. The van der Waals surface area contributed by atoms with Crippen LogP contribution in [0.25, 0.3) is 89.3 Å². The Kier molecular flexibility index (Phi) is 9.83. The van der Waals surface area contributed by atoms with Crippen molar-refractivity contribution in [2.75, 3.05) is 0 Å². The van der Waals surface area contributed by atoms with Crippen molar-refractivity contribution in [2.24, 2.45) is 0 Å². The average Bonchev–Trinajstić information content (AvgIpc) is 3.27. The van der Waals surface area contributed by atoms with Crippen LogP contribution in [0, 0.1) is 25.5 Å². The van der Waals surface area contributed by atoms with E-state index in [-0.39, 0.29) is 5.56 Å². The molecule has 0 unspecified atom stereocenters. The van der Waals surface area contributed by atoms with Crippen LogP contribution < -0.4 is 0 Å². The number of aryl methyl sites for hydroxylation is 2. The smallest absolute Gasteiger partial charge is 0.135 e. The minimum atomic E-state index is -0.636. The van der Waals surface area contributed by atoms with Crippen molar-refractivity contribution in [3.05, 3.63) is 217 Å². The molecule has 0 saturated heterocycles. The zero-order chi connectivity index (χ0) is 39.6. The molecule has 4 heteroatoms. The van der Waals surface area contributed by atoms with Gasteiger partial charge in [0.2, 0.25) is 0 Å². The molecule has 0 spiro atoms. The highest BCUT2D eigenvalue weighted by Crippen LogP contribution is 2.42. The van der Waals surface area contributed by atoms with Crippen LogP contribution in [0.3, 0.4) is 0 Å². The Balaban J connectivity index is 1.14. The lowest BCUT2D eigenvalue weighted by Crippen LogP contribution is -1.95. The van der Waals surface area contributed by atoms with E-state index in [1.54, 1.807) is 6.20 Å². The van der Waals surface area contributed by atoms with Gasteiger partial charge in [0.1, 0.15) is 11.6 Å². The highest BCUT2D eigenvalue weighted by Gasteiger charge is 2.18. The second-order valence-electron chi connectivity index (χ2n) is 14.6. The number of aromatic nitrogens is 2. The van der Waals surface area contributed by atoms with E-state index in [4.69, 9.17) is 4.98 Å². The molecule has 0 amide bonds. The molecule has 2 heterocycles. The summed E-state index contributed by atoms with van der Waals surface area (Å²) in [4.78, 5) is 9.69. The summed E-state index contributed by atoms with van der Waals surface area (Å²) in [5.41, 5.74) is 17.8. The molecule has 0 radical (unpaired) electrons. The van der Waals surface area contributed by atoms with E-state index in [1.807, 2.05) is 49.5 Å². The molecule has 0 aliphatic carbocycles. The lowest BCUT2D eigenvalue weighted by atomic mass is 9.87. The maximum absolute atomic E-state index is 14.7. The quantitative estimate of drug-likeness (QED) is 0.154. The van der Waals surface area contributed by atoms with Gasteiger partial charge >= 0.3 is 0 Å². The van der Waals surface area contributed by atoms with Crippen molar-refractivity contribution in [3.8, 4) is 89.3 Å². The zero-order valence-electron chi connectivity index (χ0n) is 32.1. The molecule has 278 valence electrons. The highest BCUT2D eigenvalue weighted by atomic mass is 19.1. The summed E-state index contributed by atoms with van der Waals surface area (Å²) < 4.78 is 28.4. The van der Waals surface area contributed by atoms with Crippen LogP contribution >= 0.6 is 0 Å². The van der Waals surface area contributed by atoms with Crippen LogP contribution in [-0.4, -0.2) is 9.97 Å². The Morgan fingerprint density at radius 2 is 0.845 bits per heavy atom. The molecule has 0 N–H and O–H groups in total. The number of hydrogen-bond donors (Lipinski definition) is 0. The van der Waals surface area contributed by atoms with E-state index in [0.29, 0.717) is 5.69 Å². The van der Waals surface area contributed by atoms with Gasteiger partial charge in [-0.2, -0.15) is 0 Å². The van der Waals surface area contributed by atoms with Crippen molar-refractivity contribution in [1.29, 1.82) is 0 Å². The molecule has 2 nitrogen and oxygen atoms in total. The third-order valence-electron chi connectivity index (χ3n) is 10.7. The Hall–Kier alpha value is -7.30. The summed E-state index contributed by atoms with van der Waals surface area (Å²) >= 11 is 0. The van der Waals surface area contributed by atoms with Gasteiger partial charge in [-0.1, -0.05) is 146 Å². The molecule has 0 bridgehead atoms. The number of rotatable bonds is 8. The molecule has 58 heavy (non-hydrogen) atoms. The molecule has 0 aliphatic rings. The van der Waals surface area contributed by atoms with Crippen molar-refractivity contribution >= 4 is 0 Å². The maximum Gasteiger partial charge on any atom is 0.135 e. The second kappa shape index (κ2) is 15.7. The first-order valence-electron chi connectivity index (χ1n) is 19.3. The summed E-state index contributed by atoms with van der Waals surface area (Å²) in [6.07, 6.45) is 3.81. The number of hydrogen-bond acceptors (Lipinski definition) is 2. The summed E-state index contributed by atoms with van der Waals surface area (Å²) in [6.45, 7) is 4.13. The van der Waals surface area contributed by atoms with Gasteiger partial charge in [-0.3, -0.25) is 9.97 Å². The maximum atomic E-state index is 14.7. The van der Waals surface area contributed by atoms with Crippen molar-refractivity contribution in [2.45, 2.75) is 13.8 Å². The first kappa shape index (κ1) is 36.3. The van der Waals surface area contributed by atoms with Gasteiger partial charge in [-0.05, 0) is 111 Å². The van der Waals surface area contributed by atoms with E-state index in [9.17, 15) is 8.78 Å². The molecule has 9 rings (SSSR count). The van der Waals surface area contributed by atoms with E-state index in [2.05, 4.69) is 139 Å². The van der Waals surface area contributed by atoms with E-state index >= 15 is 0 Å². The van der Waals surface area contributed by atoms with Crippen LogP contribution in [0.2, 0.25) is 0 Å². The molecular weight excluding hydrogens is 715 g/mol. The molecule has 7 aromatic carbocycles. The molecule has 0 fully saturated rings. The third-order valence-corrected chi connectivity index (χ3v) is 10.7. The summed E-state index contributed by atoms with van der Waals surface area (Å²) in [5.74, 6) is -1.25. The lowest BCUT2D eigenvalue weighted by Gasteiger charge is -2.18. The molecular formula is C54H38F2N2. The first-order valence-corrected chi connectivity index (χ1v) is 19.3. The van der Waals surface area contributed by atoms with Crippen LogP contribution in [-0.2, 0) is 0 Å². The Morgan fingerprint density at radius 3 is 1.47 bits per heavy atom. The number of benzene rings is 7. The molecule has 9 aromatic rings. The summed E-state index contributed by atoms with van der Waals surface area (Å²) in [6, 6.07) is 60.8. The van der Waals surface area contributed by atoms with Crippen LogP contribution in [0.15, 0.2) is 194 Å². The topological polar surface area (TPSA) is 25.8 Å². The van der Waals surface area contributed by atoms with Crippen molar-refractivity contribution in [3.63, 3.8) is 0 Å². The first-order chi connectivity index (χ1) is 28.4. The normalized spacial score (nSPS) is 11.1. The van der Waals surface area contributed by atoms with Gasteiger partial charge in [0.25, 0.3) is 0 Å². The van der Waals surface area contributed by atoms with Gasteiger partial charge in [0.15, 0.2) is 0 Å². The van der Waals surface area contributed by atoms with E-state index in [1.165, 1.54) is 23.3 Å². The minimum Gasteiger partial charge on any atom is -0.256 e. The molecule has 0 aliphatic heterocycles. The van der Waals surface area contributed by atoms with Crippen LogP contribution in [0.4, 0.5) is 8.78 Å². The van der Waals surface area contributed by atoms with Crippen LogP contribution in [0.1, 0.15) is 11.1 Å². The molecule has 0 atom stereocenters. The van der Waals surface area contributed by atoms with Crippen molar-refractivity contribution in [1.82, 2.24) is 9.97 Å². The third kappa shape index (κ3) is 7.24. The zero-order valence-corrected chi connectivity index (χ0v) is 32.1. The van der Waals surface area contributed by atoms with Crippen molar-refractivity contribution < 1.29 is 8.78 Å². The van der Waals surface area contributed by atoms with Gasteiger partial charge in [-0.25, -0.2) is 8.78 Å².